The largest absolute Gasteiger partial charge is 0.324 e. The number of nitrogens with one attached hydrogen (secondary N) is 2. The van der Waals surface area contributed by atoms with Crippen LogP contribution in [0.5, 0.6) is 0 Å². The Hall–Kier alpha value is -3.54. The van der Waals surface area contributed by atoms with E-state index < -0.39 is 0 Å². The Bertz CT molecular complexity index is 938. The molecule has 6 heteroatoms. The van der Waals surface area contributed by atoms with Gasteiger partial charge in [-0.15, -0.1) is 0 Å². The highest BCUT2D eigenvalue weighted by Gasteiger charge is 2.11. The van der Waals surface area contributed by atoms with E-state index in [1.54, 1.807) is 37.3 Å². The van der Waals surface area contributed by atoms with E-state index in [1.807, 2.05) is 30.3 Å². The maximum Gasteiger partial charge on any atom is 0.274 e. The van der Waals surface area contributed by atoms with E-state index in [2.05, 4.69) is 20.6 Å². The Morgan fingerprint density at radius 1 is 0.885 bits per heavy atom. The number of benzene rings is 2. The molecule has 0 saturated carbocycles. The molecule has 0 bridgehead atoms. The summed E-state index contributed by atoms with van der Waals surface area (Å²) in [7, 11) is 0. The number of amides is 1. The van der Waals surface area contributed by atoms with Crippen molar-refractivity contribution in [3.63, 3.8) is 0 Å². The number of rotatable bonds is 5. The molecule has 3 rings (SSSR count). The fourth-order valence-corrected chi connectivity index (χ4v) is 2.37. The van der Waals surface area contributed by atoms with Gasteiger partial charge in [0.05, 0.1) is 0 Å². The molecule has 0 aliphatic carbocycles. The van der Waals surface area contributed by atoms with Crippen LogP contribution in [0.15, 0.2) is 60.7 Å². The Balaban J connectivity index is 1.78. The number of carbonyl (C=O) groups excluding carboxylic acids is 2. The van der Waals surface area contributed by atoms with Gasteiger partial charge < -0.3 is 10.6 Å². The van der Waals surface area contributed by atoms with Crippen LogP contribution in [-0.2, 0) is 0 Å². The van der Waals surface area contributed by atoms with Crippen molar-refractivity contribution in [3.05, 3.63) is 77.6 Å². The summed E-state index contributed by atoms with van der Waals surface area (Å²) in [4.78, 5) is 32.4. The molecule has 6 nitrogen and oxygen atoms in total. The maximum absolute atomic E-state index is 12.4. The second-order valence-electron chi connectivity index (χ2n) is 5.80. The summed E-state index contributed by atoms with van der Waals surface area (Å²) in [5.74, 6) is 0.0127. The van der Waals surface area contributed by atoms with Crippen LogP contribution in [0.3, 0.4) is 0 Å². The number of hydrogen-bond acceptors (Lipinski definition) is 5. The van der Waals surface area contributed by atoms with E-state index in [9.17, 15) is 9.59 Å². The minimum atomic E-state index is -0.309. The summed E-state index contributed by atoms with van der Waals surface area (Å²) in [6.45, 7) is 3.31. The zero-order valence-corrected chi connectivity index (χ0v) is 14.5. The average molecular weight is 346 g/mol. The quantitative estimate of drug-likeness (QED) is 0.683. The molecule has 0 spiro atoms. The topological polar surface area (TPSA) is 84.0 Å². The molecule has 0 radical (unpaired) electrons. The standard InChI is InChI=1S/C20H18N4O2/c1-13-12-18(19(26)22-16-6-4-3-5-7-16)24-20(21-13)23-17-10-8-15(9-11-17)14(2)25/h3-12H,1-2H3,(H,22,26)(H,21,23,24). The zero-order valence-electron chi connectivity index (χ0n) is 14.5. The smallest absolute Gasteiger partial charge is 0.274 e. The second kappa shape index (κ2) is 7.57. The molecule has 2 N–H and O–H groups in total. The third-order valence-corrected chi connectivity index (χ3v) is 3.67. The van der Waals surface area contributed by atoms with Crippen molar-refractivity contribution in [3.8, 4) is 0 Å². The molecule has 1 aromatic heterocycles. The first-order chi connectivity index (χ1) is 12.5. The van der Waals surface area contributed by atoms with Crippen molar-refractivity contribution in [1.82, 2.24) is 9.97 Å². The van der Waals surface area contributed by atoms with Crippen LogP contribution in [0.4, 0.5) is 17.3 Å². The molecule has 0 aliphatic rings. The van der Waals surface area contributed by atoms with Gasteiger partial charge >= 0.3 is 0 Å². The van der Waals surface area contributed by atoms with Crippen molar-refractivity contribution >= 4 is 29.0 Å². The second-order valence-corrected chi connectivity index (χ2v) is 5.80. The van der Waals surface area contributed by atoms with Gasteiger partial charge in [-0.3, -0.25) is 9.59 Å². The van der Waals surface area contributed by atoms with Gasteiger partial charge in [0, 0.05) is 22.6 Å². The van der Waals surface area contributed by atoms with Gasteiger partial charge in [-0.1, -0.05) is 18.2 Å². The lowest BCUT2D eigenvalue weighted by molar-refractivity contribution is 0.101. The molecule has 0 fully saturated rings. The summed E-state index contributed by atoms with van der Waals surface area (Å²) in [5, 5.41) is 5.86. The molecule has 130 valence electrons. The van der Waals surface area contributed by atoms with Gasteiger partial charge in [-0.2, -0.15) is 0 Å². The number of hydrogen-bond donors (Lipinski definition) is 2. The molecule has 3 aromatic rings. The van der Waals surface area contributed by atoms with Crippen molar-refractivity contribution < 1.29 is 9.59 Å². The van der Waals surface area contributed by atoms with Crippen LogP contribution >= 0.6 is 0 Å². The highest BCUT2D eigenvalue weighted by molar-refractivity contribution is 6.03. The molecule has 0 unspecified atom stereocenters. The predicted octanol–water partition coefficient (Wildman–Crippen LogP) is 3.98. The van der Waals surface area contributed by atoms with Crippen LogP contribution in [0, 0.1) is 6.92 Å². The number of ketones is 1. The molecular weight excluding hydrogens is 328 g/mol. The molecule has 0 atom stereocenters. The molecule has 26 heavy (non-hydrogen) atoms. The Kier molecular flexibility index (Phi) is 5.03. The number of aryl methyl sites for hydroxylation is 1. The fraction of sp³-hybridized carbons (Fsp3) is 0.100. The number of anilines is 3. The maximum atomic E-state index is 12.4. The highest BCUT2D eigenvalue weighted by Crippen LogP contribution is 2.16. The van der Waals surface area contributed by atoms with Crippen LogP contribution in [0.25, 0.3) is 0 Å². The first-order valence-corrected chi connectivity index (χ1v) is 8.11. The number of aromatic nitrogens is 2. The Morgan fingerprint density at radius 3 is 2.23 bits per heavy atom. The summed E-state index contributed by atoms with van der Waals surface area (Å²) < 4.78 is 0. The van der Waals surface area contributed by atoms with E-state index in [4.69, 9.17) is 0 Å². The monoisotopic (exact) mass is 346 g/mol. The fourth-order valence-electron chi connectivity index (χ4n) is 2.37. The van der Waals surface area contributed by atoms with Gasteiger partial charge in [0.2, 0.25) is 5.95 Å². The number of carbonyl (C=O) groups is 2. The highest BCUT2D eigenvalue weighted by atomic mass is 16.2. The summed E-state index contributed by atoms with van der Waals surface area (Å²) in [5.41, 5.74) is 2.99. The zero-order chi connectivity index (χ0) is 18.5. The molecular formula is C20H18N4O2. The summed E-state index contributed by atoms with van der Waals surface area (Å²) in [6, 6.07) is 17.8. The van der Waals surface area contributed by atoms with Gasteiger partial charge in [-0.05, 0) is 56.3 Å². The number of Topliss-reactive ketones (excluding diaryl/α,β-unsaturated/α-hetero) is 1. The van der Waals surface area contributed by atoms with Gasteiger partial charge in [-0.25, -0.2) is 9.97 Å². The lowest BCUT2D eigenvalue weighted by atomic mass is 10.1. The summed E-state index contributed by atoms with van der Waals surface area (Å²) >= 11 is 0. The lowest BCUT2D eigenvalue weighted by Gasteiger charge is -2.09. The number of nitrogens with zero attached hydrogens (tertiary/aromatic N) is 2. The molecule has 0 saturated heterocycles. The van der Waals surface area contributed by atoms with E-state index in [1.165, 1.54) is 6.92 Å². The van der Waals surface area contributed by atoms with Crippen LogP contribution in [-0.4, -0.2) is 21.7 Å². The van der Waals surface area contributed by atoms with Gasteiger partial charge in [0.1, 0.15) is 5.69 Å². The predicted molar refractivity (Wildman–Crippen MR) is 101 cm³/mol. The van der Waals surface area contributed by atoms with E-state index in [0.29, 0.717) is 22.9 Å². The first kappa shape index (κ1) is 17.3. The van der Waals surface area contributed by atoms with Crippen molar-refractivity contribution in [2.75, 3.05) is 10.6 Å². The Labute approximate surface area is 151 Å². The van der Waals surface area contributed by atoms with Gasteiger partial charge in [0.25, 0.3) is 5.91 Å². The number of para-hydroxylation sites is 1. The minimum absolute atomic E-state index is 0.00299. The van der Waals surface area contributed by atoms with Gasteiger partial charge in [0.15, 0.2) is 5.78 Å². The van der Waals surface area contributed by atoms with Crippen LogP contribution < -0.4 is 10.6 Å². The SMILES string of the molecule is CC(=O)c1ccc(Nc2nc(C)cc(C(=O)Nc3ccccc3)n2)cc1. The molecule has 1 amide bonds. The minimum Gasteiger partial charge on any atom is -0.324 e. The molecule has 1 heterocycles. The Morgan fingerprint density at radius 2 is 1.58 bits per heavy atom. The summed E-state index contributed by atoms with van der Waals surface area (Å²) in [6.07, 6.45) is 0. The first-order valence-electron chi connectivity index (χ1n) is 8.11. The normalized spacial score (nSPS) is 10.2. The molecule has 0 aliphatic heterocycles. The van der Waals surface area contributed by atoms with Crippen molar-refractivity contribution in [1.29, 1.82) is 0 Å². The third-order valence-electron chi connectivity index (χ3n) is 3.67. The van der Waals surface area contributed by atoms with Crippen molar-refractivity contribution in [2.24, 2.45) is 0 Å². The van der Waals surface area contributed by atoms with E-state index in [0.717, 1.165) is 5.69 Å². The lowest BCUT2D eigenvalue weighted by Crippen LogP contribution is -2.15. The van der Waals surface area contributed by atoms with Crippen molar-refractivity contribution in [2.45, 2.75) is 13.8 Å². The average Bonchev–Trinajstić information content (AvgIpc) is 2.62. The third kappa shape index (κ3) is 4.30. The van der Waals surface area contributed by atoms with E-state index >= 15 is 0 Å². The van der Waals surface area contributed by atoms with Crippen LogP contribution in [0.2, 0.25) is 0 Å². The van der Waals surface area contributed by atoms with E-state index in [-0.39, 0.29) is 17.4 Å². The van der Waals surface area contributed by atoms with Crippen LogP contribution in [0.1, 0.15) is 33.5 Å². The molecule has 2 aromatic carbocycles.